The van der Waals surface area contributed by atoms with E-state index in [0.717, 1.165) is 53.8 Å². The smallest absolute Gasteiger partial charge is 0.271 e. The first-order valence-corrected chi connectivity index (χ1v) is 9.98. The number of carbonyl (C=O) groups excluding carboxylic acids is 1. The summed E-state index contributed by atoms with van der Waals surface area (Å²) in [6.45, 7) is 4.98. The molecule has 0 radical (unpaired) electrons. The van der Waals surface area contributed by atoms with Gasteiger partial charge in [-0.1, -0.05) is 19.3 Å². The molecule has 2 aromatic rings. The Morgan fingerprint density at radius 1 is 1.27 bits per heavy atom. The highest BCUT2D eigenvalue weighted by Crippen LogP contribution is 2.39. The number of nitrogens with zero attached hydrogens (tertiary/aromatic N) is 3. The van der Waals surface area contributed by atoms with Crippen LogP contribution in [0.2, 0.25) is 0 Å². The van der Waals surface area contributed by atoms with Gasteiger partial charge in [0.1, 0.15) is 5.82 Å². The number of hydrogen-bond acceptors (Lipinski definition) is 3. The predicted molar refractivity (Wildman–Crippen MR) is 104 cm³/mol. The van der Waals surface area contributed by atoms with Crippen LogP contribution in [0.5, 0.6) is 0 Å². The molecule has 2 atom stereocenters. The molecule has 1 N–H and O–H groups in total. The van der Waals surface area contributed by atoms with Crippen LogP contribution in [0.1, 0.15) is 68.1 Å². The third-order valence-corrected chi connectivity index (χ3v) is 6.20. The molecular weight excluding hydrogens is 324 g/mol. The van der Waals surface area contributed by atoms with Crippen LogP contribution >= 0.6 is 0 Å². The second kappa shape index (κ2) is 7.22. The number of aryl methyl sites for hydroxylation is 2. The molecule has 1 amide bonds. The summed E-state index contributed by atoms with van der Waals surface area (Å²) in [5.74, 6) is 2.50. The molecule has 26 heavy (non-hydrogen) atoms. The largest absolute Gasteiger partial charge is 0.329 e. The summed E-state index contributed by atoms with van der Waals surface area (Å²) in [4.78, 5) is 17.1. The van der Waals surface area contributed by atoms with Crippen molar-refractivity contribution in [1.29, 1.82) is 0 Å². The summed E-state index contributed by atoms with van der Waals surface area (Å²) in [5.41, 5.74) is 6.50. The van der Waals surface area contributed by atoms with E-state index in [1.54, 1.807) is 0 Å². The zero-order valence-electron chi connectivity index (χ0n) is 15.8. The molecule has 2 fully saturated rings. The Morgan fingerprint density at radius 2 is 2.08 bits per heavy atom. The molecule has 2 aliphatic carbocycles. The second-order valence-electron chi connectivity index (χ2n) is 7.77. The number of carbonyl (C=O) groups is 1. The van der Waals surface area contributed by atoms with Gasteiger partial charge in [0, 0.05) is 17.8 Å². The minimum atomic E-state index is -0.145. The van der Waals surface area contributed by atoms with Gasteiger partial charge >= 0.3 is 0 Å². The zero-order valence-corrected chi connectivity index (χ0v) is 15.8. The number of nitrogens with one attached hydrogen (secondary N) is 1. The number of aromatic nitrogens is 2. The monoisotopic (exact) mass is 352 g/mol. The standard InChI is InChI=1S/C21H28N4O/c1-3-25-14(2)22-19-13-17(9-11-20(19)25)21(26)24-23-18-10-8-15-6-4-5-7-16(15)12-18/h9,11,13,15-16H,3-8,10,12H2,1-2H3,(H,24,26)/b23-18-/t15-,16+/m0/s1. The Kier molecular flexibility index (Phi) is 4.79. The van der Waals surface area contributed by atoms with Crippen molar-refractivity contribution in [1.82, 2.24) is 15.0 Å². The van der Waals surface area contributed by atoms with Crippen LogP contribution in [0.25, 0.3) is 11.0 Å². The Hall–Kier alpha value is -2.17. The summed E-state index contributed by atoms with van der Waals surface area (Å²) >= 11 is 0. The lowest BCUT2D eigenvalue weighted by atomic mass is 9.70. The molecule has 0 saturated heterocycles. The molecule has 0 unspecified atom stereocenters. The van der Waals surface area contributed by atoms with Crippen molar-refractivity contribution in [2.24, 2.45) is 16.9 Å². The van der Waals surface area contributed by atoms with Crippen molar-refractivity contribution in [3.8, 4) is 0 Å². The average Bonchev–Trinajstić information content (AvgIpc) is 2.99. The van der Waals surface area contributed by atoms with E-state index in [1.165, 1.54) is 32.1 Å². The molecule has 0 spiro atoms. The molecule has 0 bridgehead atoms. The van der Waals surface area contributed by atoms with Crippen molar-refractivity contribution in [3.05, 3.63) is 29.6 Å². The molecule has 0 aliphatic heterocycles. The fourth-order valence-corrected chi connectivity index (χ4v) is 4.78. The van der Waals surface area contributed by atoms with Gasteiger partial charge in [-0.3, -0.25) is 4.79 Å². The number of benzene rings is 1. The molecule has 138 valence electrons. The second-order valence-corrected chi connectivity index (χ2v) is 7.77. The first-order chi connectivity index (χ1) is 12.7. The minimum Gasteiger partial charge on any atom is -0.329 e. The molecule has 1 heterocycles. The van der Waals surface area contributed by atoms with Crippen LogP contribution < -0.4 is 5.43 Å². The van der Waals surface area contributed by atoms with Gasteiger partial charge in [-0.15, -0.1) is 0 Å². The Balaban J connectivity index is 1.45. The van der Waals surface area contributed by atoms with Crippen LogP contribution in [-0.4, -0.2) is 21.2 Å². The number of fused-ring (bicyclic) bond motifs is 2. The fraction of sp³-hybridized carbons (Fsp3) is 0.571. The maximum atomic E-state index is 12.5. The summed E-state index contributed by atoms with van der Waals surface area (Å²) in [6, 6.07) is 5.71. The summed E-state index contributed by atoms with van der Waals surface area (Å²) in [7, 11) is 0. The molecule has 5 heteroatoms. The van der Waals surface area contributed by atoms with E-state index in [1.807, 2.05) is 25.1 Å². The highest BCUT2D eigenvalue weighted by molar-refractivity contribution is 5.98. The molecule has 1 aromatic heterocycles. The van der Waals surface area contributed by atoms with E-state index in [0.29, 0.717) is 5.56 Å². The molecule has 4 rings (SSSR count). The summed E-state index contributed by atoms with van der Waals surface area (Å²) in [5, 5.41) is 4.46. The van der Waals surface area contributed by atoms with Crippen LogP contribution in [0.4, 0.5) is 0 Å². The van der Waals surface area contributed by atoms with Crippen LogP contribution in [0, 0.1) is 18.8 Å². The van der Waals surface area contributed by atoms with E-state index >= 15 is 0 Å². The van der Waals surface area contributed by atoms with Gasteiger partial charge in [-0.05, 0) is 69.6 Å². The number of amides is 1. The van der Waals surface area contributed by atoms with Crippen molar-refractivity contribution in [2.45, 2.75) is 65.3 Å². The Bertz CT molecular complexity index is 851. The maximum absolute atomic E-state index is 12.5. The van der Waals surface area contributed by atoms with E-state index in [2.05, 4.69) is 27.0 Å². The highest BCUT2D eigenvalue weighted by Gasteiger charge is 2.30. The summed E-state index contributed by atoms with van der Waals surface area (Å²) in [6.07, 6.45) is 8.77. The van der Waals surface area contributed by atoms with Gasteiger partial charge in [0.2, 0.25) is 0 Å². The average molecular weight is 352 g/mol. The lowest BCUT2D eigenvalue weighted by Crippen LogP contribution is -2.29. The topological polar surface area (TPSA) is 59.3 Å². The SMILES string of the molecule is CCn1c(C)nc2cc(C(=O)N/N=C3/CC[C@@H]4CCCC[C@@H]4C3)ccc21. The quantitative estimate of drug-likeness (QED) is 0.830. The number of rotatable bonds is 3. The third-order valence-electron chi connectivity index (χ3n) is 6.20. The van der Waals surface area contributed by atoms with Crippen molar-refractivity contribution >= 4 is 22.7 Å². The first-order valence-electron chi connectivity index (χ1n) is 9.98. The zero-order chi connectivity index (χ0) is 18.1. The molecule has 5 nitrogen and oxygen atoms in total. The lowest BCUT2D eigenvalue weighted by Gasteiger charge is -2.35. The van der Waals surface area contributed by atoms with E-state index < -0.39 is 0 Å². The number of hydrogen-bond donors (Lipinski definition) is 1. The molecular formula is C21H28N4O. The maximum Gasteiger partial charge on any atom is 0.271 e. The van der Waals surface area contributed by atoms with Gasteiger partial charge in [-0.2, -0.15) is 5.10 Å². The molecule has 1 aromatic carbocycles. The third kappa shape index (κ3) is 3.27. The molecule has 2 saturated carbocycles. The normalized spacial score (nSPS) is 24.6. The van der Waals surface area contributed by atoms with E-state index in [-0.39, 0.29) is 5.91 Å². The van der Waals surface area contributed by atoms with Crippen molar-refractivity contribution < 1.29 is 4.79 Å². The van der Waals surface area contributed by atoms with Gasteiger partial charge in [0.25, 0.3) is 5.91 Å². The number of hydrazone groups is 1. The van der Waals surface area contributed by atoms with Crippen LogP contribution in [0.3, 0.4) is 0 Å². The van der Waals surface area contributed by atoms with Gasteiger partial charge in [-0.25, -0.2) is 10.4 Å². The number of imidazole rings is 1. The van der Waals surface area contributed by atoms with E-state index in [9.17, 15) is 4.79 Å². The Morgan fingerprint density at radius 3 is 2.88 bits per heavy atom. The van der Waals surface area contributed by atoms with Crippen LogP contribution in [-0.2, 0) is 6.54 Å². The summed E-state index contributed by atoms with van der Waals surface area (Å²) < 4.78 is 2.15. The Labute approximate surface area is 154 Å². The van der Waals surface area contributed by atoms with E-state index in [4.69, 9.17) is 0 Å². The predicted octanol–water partition coefficient (Wildman–Crippen LogP) is 4.44. The lowest BCUT2D eigenvalue weighted by molar-refractivity contribution is 0.0954. The highest BCUT2D eigenvalue weighted by atomic mass is 16.2. The van der Waals surface area contributed by atoms with Gasteiger partial charge in [0.05, 0.1) is 11.0 Å². The van der Waals surface area contributed by atoms with Gasteiger partial charge < -0.3 is 4.57 Å². The van der Waals surface area contributed by atoms with Crippen molar-refractivity contribution in [2.75, 3.05) is 0 Å². The molecule has 2 aliphatic rings. The minimum absolute atomic E-state index is 0.145. The fourth-order valence-electron chi connectivity index (χ4n) is 4.78. The first kappa shape index (κ1) is 17.3. The van der Waals surface area contributed by atoms with Gasteiger partial charge in [0.15, 0.2) is 0 Å². The van der Waals surface area contributed by atoms with Crippen molar-refractivity contribution in [3.63, 3.8) is 0 Å². The van der Waals surface area contributed by atoms with Crippen LogP contribution in [0.15, 0.2) is 23.3 Å².